The molecule has 0 bridgehead atoms. The summed E-state index contributed by atoms with van der Waals surface area (Å²) >= 11 is 1.51. The lowest BCUT2D eigenvalue weighted by Crippen LogP contribution is -2.45. The molecule has 94 valence electrons. The van der Waals surface area contributed by atoms with Crippen molar-refractivity contribution in [2.75, 3.05) is 24.7 Å². The molecule has 0 aliphatic carbocycles. The average Bonchev–Trinajstić information content (AvgIpc) is 2.65. The highest BCUT2D eigenvalue weighted by atomic mass is 32.1. The zero-order valence-electron chi connectivity index (χ0n) is 10.1. The number of nitrogens with zero attached hydrogens (tertiary/aromatic N) is 2. The molecule has 1 amide bonds. The van der Waals surface area contributed by atoms with Gasteiger partial charge in [-0.2, -0.15) is 0 Å². The molecule has 5 nitrogen and oxygen atoms in total. The number of nitrogens with one attached hydrogen (secondary N) is 1. The van der Waals surface area contributed by atoms with E-state index in [0.29, 0.717) is 12.6 Å². The Kier molecular flexibility index (Phi) is 4.09. The van der Waals surface area contributed by atoms with E-state index >= 15 is 0 Å². The Hall–Kier alpha value is -0.980. The van der Waals surface area contributed by atoms with Gasteiger partial charge in [-0.25, -0.2) is 4.98 Å². The first-order chi connectivity index (χ1) is 8.20. The number of hydrogen-bond acceptors (Lipinski definition) is 5. The Bertz CT molecular complexity index is 390. The van der Waals surface area contributed by atoms with Crippen LogP contribution in [0, 0.1) is 0 Å². The quantitative estimate of drug-likeness (QED) is 0.853. The number of carbonyl (C=O) groups is 1. The normalized spacial score (nSPS) is 15.6. The van der Waals surface area contributed by atoms with Crippen LogP contribution in [0.5, 0.6) is 0 Å². The molecule has 1 aliphatic rings. The molecule has 0 atom stereocenters. The summed E-state index contributed by atoms with van der Waals surface area (Å²) in [6.45, 7) is 6.48. The molecule has 1 aliphatic heterocycles. The van der Waals surface area contributed by atoms with Crippen LogP contribution >= 0.6 is 11.3 Å². The summed E-state index contributed by atoms with van der Waals surface area (Å²) in [6.07, 6.45) is 0. The number of carbonyl (C=O) groups excluding carboxylic acids is 1. The molecule has 0 saturated carbocycles. The number of ether oxygens (including phenoxy) is 1. The molecule has 17 heavy (non-hydrogen) atoms. The number of thiazole rings is 1. The zero-order chi connectivity index (χ0) is 12.3. The lowest BCUT2D eigenvalue weighted by molar-refractivity contribution is -0.116. The Labute approximate surface area is 105 Å². The van der Waals surface area contributed by atoms with E-state index in [1.54, 1.807) is 11.8 Å². The number of amides is 1. The molecule has 1 saturated heterocycles. The Morgan fingerprint density at radius 3 is 3.00 bits per heavy atom. The van der Waals surface area contributed by atoms with E-state index in [-0.39, 0.29) is 5.91 Å². The summed E-state index contributed by atoms with van der Waals surface area (Å²) in [5.74, 6) is 0.0359. The van der Waals surface area contributed by atoms with Crippen LogP contribution in [0.2, 0.25) is 0 Å². The lowest BCUT2D eigenvalue weighted by Gasteiger charge is -2.26. The fourth-order valence-corrected chi connectivity index (χ4v) is 2.53. The molecular weight excluding hydrogens is 238 g/mol. The fraction of sp³-hybridized carbons (Fsp3) is 0.636. The molecular formula is C11H17N3O2S. The van der Waals surface area contributed by atoms with E-state index in [2.05, 4.69) is 10.3 Å². The third-order valence-corrected chi connectivity index (χ3v) is 3.59. The average molecular weight is 255 g/mol. The smallest absolute Gasteiger partial charge is 0.225 e. The van der Waals surface area contributed by atoms with Crippen LogP contribution in [0.15, 0.2) is 5.38 Å². The van der Waals surface area contributed by atoms with Gasteiger partial charge >= 0.3 is 0 Å². The molecule has 2 rings (SSSR count). The first kappa shape index (κ1) is 12.5. The van der Waals surface area contributed by atoms with Gasteiger partial charge in [0.25, 0.3) is 0 Å². The Morgan fingerprint density at radius 1 is 1.71 bits per heavy atom. The monoisotopic (exact) mass is 255 g/mol. The number of aromatic nitrogens is 1. The van der Waals surface area contributed by atoms with Crippen LogP contribution in [-0.4, -0.2) is 36.7 Å². The number of hydrogen-bond donors (Lipinski definition) is 1. The van der Waals surface area contributed by atoms with Gasteiger partial charge in [0.2, 0.25) is 5.91 Å². The summed E-state index contributed by atoms with van der Waals surface area (Å²) in [5, 5.41) is 6.12. The summed E-state index contributed by atoms with van der Waals surface area (Å²) in [7, 11) is 0. The van der Waals surface area contributed by atoms with Crippen molar-refractivity contribution in [1.82, 2.24) is 10.3 Å². The number of rotatable bonds is 5. The van der Waals surface area contributed by atoms with Gasteiger partial charge in [0.05, 0.1) is 24.9 Å². The standard InChI is InChI=1S/C11H17N3O2S/c1-3-14(8(2)15)11-13-9(7-17-11)4-12-10-5-16-6-10/h7,10,12H,3-6H2,1-2H3. The predicted octanol–water partition coefficient (Wildman–Crippen LogP) is 1.00. The van der Waals surface area contributed by atoms with Gasteiger partial charge in [0, 0.05) is 25.4 Å². The van der Waals surface area contributed by atoms with Crippen molar-refractivity contribution in [2.45, 2.75) is 26.4 Å². The van der Waals surface area contributed by atoms with E-state index in [1.807, 2.05) is 12.3 Å². The molecule has 1 fully saturated rings. The van der Waals surface area contributed by atoms with Crippen molar-refractivity contribution in [2.24, 2.45) is 0 Å². The molecule has 2 heterocycles. The minimum atomic E-state index is 0.0359. The molecule has 6 heteroatoms. The third-order valence-electron chi connectivity index (χ3n) is 2.68. The van der Waals surface area contributed by atoms with Crippen molar-refractivity contribution in [3.8, 4) is 0 Å². The molecule has 0 spiro atoms. The summed E-state index contributed by atoms with van der Waals surface area (Å²) in [4.78, 5) is 17.5. The highest BCUT2D eigenvalue weighted by Gasteiger charge is 2.18. The molecule has 0 aromatic carbocycles. The van der Waals surface area contributed by atoms with Crippen molar-refractivity contribution < 1.29 is 9.53 Å². The maximum absolute atomic E-state index is 11.4. The van der Waals surface area contributed by atoms with Crippen molar-refractivity contribution in [1.29, 1.82) is 0 Å². The van der Waals surface area contributed by atoms with Gasteiger partial charge in [-0.05, 0) is 6.92 Å². The van der Waals surface area contributed by atoms with E-state index < -0.39 is 0 Å². The maximum Gasteiger partial charge on any atom is 0.225 e. The predicted molar refractivity (Wildman–Crippen MR) is 67.3 cm³/mol. The highest BCUT2D eigenvalue weighted by molar-refractivity contribution is 7.14. The van der Waals surface area contributed by atoms with Crippen LogP contribution in [0.1, 0.15) is 19.5 Å². The lowest BCUT2D eigenvalue weighted by atomic mass is 10.2. The summed E-state index contributed by atoms with van der Waals surface area (Å²) in [5.41, 5.74) is 0.983. The largest absolute Gasteiger partial charge is 0.378 e. The van der Waals surface area contributed by atoms with Crippen molar-refractivity contribution >= 4 is 22.4 Å². The molecule has 1 aromatic heterocycles. The number of anilines is 1. The van der Waals surface area contributed by atoms with Gasteiger partial charge in [0.15, 0.2) is 5.13 Å². The van der Waals surface area contributed by atoms with Crippen LogP contribution in [0.25, 0.3) is 0 Å². The van der Waals surface area contributed by atoms with Gasteiger partial charge < -0.3 is 10.1 Å². The van der Waals surface area contributed by atoms with E-state index in [0.717, 1.165) is 30.6 Å². The Balaban J connectivity index is 1.91. The first-order valence-corrected chi connectivity index (χ1v) is 6.62. The van der Waals surface area contributed by atoms with Gasteiger partial charge in [-0.3, -0.25) is 9.69 Å². The zero-order valence-corrected chi connectivity index (χ0v) is 10.9. The fourth-order valence-electron chi connectivity index (χ4n) is 1.60. The molecule has 1 aromatic rings. The van der Waals surface area contributed by atoms with Gasteiger partial charge in [0.1, 0.15) is 0 Å². The van der Waals surface area contributed by atoms with E-state index in [1.165, 1.54) is 11.3 Å². The minimum Gasteiger partial charge on any atom is -0.378 e. The summed E-state index contributed by atoms with van der Waals surface area (Å²) in [6, 6.07) is 0.454. The summed E-state index contributed by atoms with van der Waals surface area (Å²) < 4.78 is 5.08. The van der Waals surface area contributed by atoms with Crippen LogP contribution < -0.4 is 10.2 Å². The first-order valence-electron chi connectivity index (χ1n) is 5.74. The van der Waals surface area contributed by atoms with E-state index in [4.69, 9.17) is 4.74 Å². The molecule has 1 N–H and O–H groups in total. The van der Waals surface area contributed by atoms with Crippen LogP contribution in [0.3, 0.4) is 0 Å². The van der Waals surface area contributed by atoms with Crippen LogP contribution in [-0.2, 0) is 16.1 Å². The minimum absolute atomic E-state index is 0.0359. The Morgan fingerprint density at radius 2 is 2.47 bits per heavy atom. The van der Waals surface area contributed by atoms with Crippen molar-refractivity contribution in [3.63, 3.8) is 0 Å². The topological polar surface area (TPSA) is 54.5 Å². The third kappa shape index (κ3) is 3.02. The van der Waals surface area contributed by atoms with Crippen LogP contribution in [0.4, 0.5) is 5.13 Å². The van der Waals surface area contributed by atoms with Gasteiger partial charge in [-0.1, -0.05) is 0 Å². The second-order valence-corrected chi connectivity index (χ2v) is 4.84. The highest BCUT2D eigenvalue weighted by Crippen LogP contribution is 2.20. The van der Waals surface area contributed by atoms with Gasteiger partial charge in [-0.15, -0.1) is 11.3 Å². The van der Waals surface area contributed by atoms with E-state index in [9.17, 15) is 4.79 Å². The second kappa shape index (κ2) is 5.57. The maximum atomic E-state index is 11.4. The second-order valence-electron chi connectivity index (χ2n) is 4.00. The molecule has 0 unspecified atom stereocenters. The SMILES string of the molecule is CCN(C(C)=O)c1nc(CNC2COC2)cs1. The molecule has 0 radical (unpaired) electrons. The van der Waals surface area contributed by atoms with Crippen molar-refractivity contribution in [3.05, 3.63) is 11.1 Å².